The van der Waals surface area contributed by atoms with E-state index >= 15 is 0 Å². The van der Waals surface area contributed by atoms with E-state index in [4.69, 9.17) is 4.74 Å². The molecule has 2 nitrogen and oxygen atoms in total. The maximum absolute atomic E-state index is 5.35. The fourth-order valence-corrected chi connectivity index (χ4v) is 1.28. The van der Waals surface area contributed by atoms with Gasteiger partial charge in [0.2, 0.25) is 0 Å². The lowest BCUT2D eigenvalue weighted by Crippen LogP contribution is -2.60. The largest absolute Gasteiger partial charge is 0.376 e. The monoisotopic (exact) mass is 129 g/mol. The molecule has 0 atom stereocenters. The molecule has 0 radical (unpaired) electrons. The molecule has 1 fully saturated rings. The van der Waals surface area contributed by atoms with Crippen molar-refractivity contribution in [2.24, 2.45) is 0 Å². The summed E-state index contributed by atoms with van der Waals surface area (Å²) in [6, 6.07) is 0. The molecule has 0 aromatic heterocycles. The highest BCUT2D eigenvalue weighted by Crippen LogP contribution is 2.21. The van der Waals surface area contributed by atoms with Crippen molar-refractivity contribution in [3.05, 3.63) is 0 Å². The Morgan fingerprint density at radius 2 is 2.22 bits per heavy atom. The smallest absolute Gasteiger partial charge is 0.0925 e. The molecule has 1 N–H and O–H groups in total. The summed E-state index contributed by atoms with van der Waals surface area (Å²) in [5.41, 5.74) is 0.203. The van der Waals surface area contributed by atoms with Gasteiger partial charge in [0.15, 0.2) is 0 Å². The summed E-state index contributed by atoms with van der Waals surface area (Å²) in [4.78, 5) is 0. The molecule has 1 heterocycles. The number of methoxy groups -OCH3 is 1. The van der Waals surface area contributed by atoms with E-state index in [2.05, 4.69) is 12.2 Å². The van der Waals surface area contributed by atoms with Crippen LogP contribution in [0.5, 0.6) is 0 Å². The van der Waals surface area contributed by atoms with Gasteiger partial charge in [-0.25, -0.2) is 0 Å². The quantitative estimate of drug-likeness (QED) is 0.608. The number of rotatable bonds is 3. The number of hydrogen-bond acceptors (Lipinski definition) is 2. The lowest BCUT2D eigenvalue weighted by molar-refractivity contribution is -0.0573. The zero-order valence-electron chi connectivity index (χ0n) is 6.24. The van der Waals surface area contributed by atoms with E-state index in [0.29, 0.717) is 0 Å². The summed E-state index contributed by atoms with van der Waals surface area (Å²) in [6.45, 7) is 4.27. The van der Waals surface area contributed by atoms with Crippen LogP contribution in [0, 0.1) is 0 Å². The number of ether oxygens (including phenoxy) is 1. The van der Waals surface area contributed by atoms with Crippen molar-refractivity contribution in [3.8, 4) is 0 Å². The fourth-order valence-electron chi connectivity index (χ4n) is 1.28. The van der Waals surface area contributed by atoms with Crippen molar-refractivity contribution in [1.29, 1.82) is 0 Å². The maximum atomic E-state index is 5.35. The molecule has 0 amide bonds. The van der Waals surface area contributed by atoms with Gasteiger partial charge in [0.25, 0.3) is 0 Å². The minimum absolute atomic E-state index is 0.203. The van der Waals surface area contributed by atoms with Gasteiger partial charge in [0, 0.05) is 20.2 Å². The average Bonchev–Trinajstić information content (AvgIpc) is 1.79. The third kappa shape index (κ3) is 1.25. The van der Waals surface area contributed by atoms with Gasteiger partial charge in [-0.15, -0.1) is 0 Å². The third-order valence-electron chi connectivity index (χ3n) is 2.03. The Hall–Kier alpha value is -0.0800. The van der Waals surface area contributed by atoms with Crippen molar-refractivity contribution < 1.29 is 4.74 Å². The summed E-state index contributed by atoms with van der Waals surface area (Å²) >= 11 is 0. The topological polar surface area (TPSA) is 21.3 Å². The molecule has 0 aromatic rings. The zero-order valence-corrected chi connectivity index (χ0v) is 6.24. The molecule has 1 aliphatic rings. The van der Waals surface area contributed by atoms with E-state index in [1.54, 1.807) is 7.11 Å². The predicted molar refractivity (Wildman–Crippen MR) is 37.5 cm³/mol. The second-order valence-corrected chi connectivity index (χ2v) is 2.74. The van der Waals surface area contributed by atoms with Crippen molar-refractivity contribution in [1.82, 2.24) is 5.32 Å². The maximum Gasteiger partial charge on any atom is 0.0925 e. The Bertz CT molecular complexity index is 83.4. The van der Waals surface area contributed by atoms with Crippen LogP contribution in [-0.4, -0.2) is 25.8 Å². The first kappa shape index (κ1) is 7.03. The molecule has 0 aliphatic carbocycles. The first-order chi connectivity index (χ1) is 4.33. The number of hydrogen-bond donors (Lipinski definition) is 1. The number of nitrogens with one attached hydrogen (secondary N) is 1. The lowest BCUT2D eigenvalue weighted by Gasteiger charge is -2.41. The standard InChI is InChI=1S/C7H15NO/c1-3-4-7(9-2)5-8-6-7/h8H,3-6H2,1-2H3. The molecule has 2 heteroatoms. The van der Waals surface area contributed by atoms with Gasteiger partial charge in [-0.2, -0.15) is 0 Å². The second-order valence-electron chi connectivity index (χ2n) is 2.74. The van der Waals surface area contributed by atoms with Crippen molar-refractivity contribution >= 4 is 0 Å². The van der Waals surface area contributed by atoms with Crippen LogP contribution in [0.4, 0.5) is 0 Å². The van der Waals surface area contributed by atoms with Crippen LogP contribution in [0.25, 0.3) is 0 Å². The van der Waals surface area contributed by atoms with Crippen LogP contribution < -0.4 is 5.32 Å². The summed E-state index contributed by atoms with van der Waals surface area (Å²) < 4.78 is 5.35. The first-order valence-electron chi connectivity index (χ1n) is 3.59. The molecule has 1 aliphatic heterocycles. The molecule has 9 heavy (non-hydrogen) atoms. The summed E-state index contributed by atoms with van der Waals surface area (Å²) in [7, 11) is 1.80. The molecular weight excluding hydrogens is 114 g/mol. The molecule has 1 saturated heterocycles. The van der Waals surface area contributed by atoms with Gasteiger partial charge >= 0.3 is 0 Å². The normalized spacial score (nSPS) is 23.3. The van der Waals surface area contributed by atoms with Crippen LogP contribution >= 0.6 is 0 Å². The Morgan fingerprint density at radius 1 is 1.56 bits per heavy atom. The summed E-state index contributed by atoms with van der Waals surface area (Å²) in [6.07, 6.45) is 2.41. The second kappa shape index (κ2) is 2.67. The van der Waals surface area contributed by atoms with Crippen molar-refractivity contribution in [2.45, 2.75) is 25.4 Å². The molecular formula is C7H15NO. The summed E-state index contributed by atoms with van der Waals surface area (Å²) in [5.74, 6) is 0. The van der Waals surface area contributed by atoms with E-state index in [1.165, 1.54) is 12.8 Å². The third-order valence-corrected chi connectivity index (χ3v) is 2.03. The van der Waals surface area contributed by atoms with Crippen LogP contribution in [0.2, 0.25) is 0 Å². The molecule has 0 saturated carbocycles. The molecule has 54 valence electrons. The summed E-state index contributed by atoms with van der Waals surface area (Å²) in [5, 5.41) is 3.21. The Balaban J connectivity index is 2.28. The Labute approximate surface area is 56.6 Å². The van der Waals surface area contributed by atoms with Crippen LogP contribution in [-0.2, 0) is 4.74 Å². The highest BCUT2D eigenvalue weighted by Gasteiger charge is 2.35. The van der Waals surface area contributed by atoms with Gasteiger partial charge < -0.3 is 10.1 Å². The zero-order chi connectivity index (χ0) is 6.74. The van der Waals surface area contributed by atoms with Crippen molar-refractivity contribution in [2.75, 3.05) is 20.2 Å². The SMILES string of the molecule is CCCC1(OC)CNC1. The van der Waals surface area contributed by atoms with Gasteiger partial charge in [-0.1, -0.05) is 13.3 Å². The first-order valence-corrected chi connectivity index (χ1v) is 3.59. The minimum Gasteiger partial charge on any atom is -0.376 e. The van der Waals surface area contributed by atoms with E-state index in [9.17, 15) is 0 Å². The van der Waals surface area contributed by atoms with Gasteiger partial charge in [-0.05, 0) is 6.42 Å². The van der Waals surface area contributed by atoms with Crippen LogP contribution in [0.1, 0.15) is 19.8 Å². The lowest BCUT2D eigenvalue weighted by atomic mass is 9.92. The minimum atomic E-state index is 0.203. The molecule has 0 bridgehead atoms. The molecule has 0 aromatic carbocycles. The molecule has 0 unspecified atom stereocenters. The molecule has 0 spiro atoms. The predicted octanol–water partition coefficient (Wildman–Crippen LogP) is 0.775. The van der Waals surface area contributed by atoms with Crippen molar-refractivity contribution in [3.63, 3.8) is 0 Å². The average molecular weight is 129 g/mol. The van der Waals surface area contributed by atoms with Gasteiger partial charge in [0.1, 0.15) is 0 Å². The van der Waals surface area contributed by atoms with Gasteiger partial charge in [-0.3, -0.25) is 0 Å². The fraction of sp³-hybridized carbons (Fsp3) is 1.00. The van der Waals surface area contributed by atoms with E-state index < -0.39 is 0 Å². The highest BCUT2D eigenvalue weighted by molar-refractivity contribution is 4.93. The Morgan fingerprint density at radius 3 is 2.33 bits per heavy atom. The van der Waals surface area contributed by atoms with E-state index in [-0.39, 0.29) is 5.60 Å². The molecule has 1 rings (SSSR count). The van der Waals surface area contributed by atoms with E-state index in [0.717, 1.165) is 13.1 Å². The Kier molecular flexibility index (Phi) is 2.09. The van der Waals surface area contributed by atoms with Crippen LogP contribution in [0.3, 0.4) is 0 Å². The van der Waals surface area contributed by atoms with Crippen LogP contribution in [0.15, 0.2) is 0 Å². The van der Waals surface area contributed by atoms with E-state index in [1.807, 2.05) is 0 Å². The van der Waals surface area contributed by atoms with Gasteiger partial charge in [0.05, 0.1) is 5.60 Å². The highest BCUT2D eigenvalue weighted by atomic mass is 16.5.